The fraction of sp³-hybridized carbons (Fsp3) is 0.429. The lowest BCUT2D eigenvalue weighted by Gasteiger charge is -2.29. The number of amides is 4. The van der Waals surface area contributed by atoms with Crippen molar-refractivity contribution in [2.45, 2.75) is 113 Å². The van der Waals surface area contributed by atoms with Crippen molar-refractivity contribution in [1.29, 1.82) is 0 Å². The second-order valence-electron chi connectivity index (χ2n) is 17.6. The Morgan fingerprint density at radius 1 is 0.894 bits per heavy atom. The second kappa shape index (κ2) is 21.2. The molecule has 352 valence electrons. The van der Waals surface area contributed by atoms with E-state index < -0.39 is 63.0 Å². The van der Waals surface area contributed by atoms with E-state index in [1.54, 1.807) is 52.1 Å². The summed E-state index contributed by atoms with van der Waals surface area (Å²) in [5.74, 6) is -1.93. The lowest BCUT2D eigenvalue weighted by molar-refractivity contribution is -0.140. The number of benzene rings is 3. The molecule has 3 aromatic carbocycles. The van der Waals surface area contributed by atoms with Gasteiger partial charge in [0.1, 0.15) is 39.7 Å². The van der Waals surface area contributed by atoms with Crippen molar-refractivity contribution >= 4 is 56.4 Å². The third kappa shape index (κ3) is 12.2. The van der Waals surface area contributed by atoms with Crippen molar-refractivity contribution in [3.8, 4) is 22.8 Å². The number of carbonyl (C=O) groups is 5. The number of sulfonamides is 1. The molecule has 4 amide bonds. The van der Waals surface area contributed by atoms with Gasteiger partial charge in [0.05, 0.1) is 37.7 Å². The van der Waals surface area contributed by atoms with E-state index in [2.05, 4.69) is 26.7 Å². The van der Waals surface area contributed by atoms with Gasteiger partial charge in [-0.05, 0) is 64.3 Å². The summed E-state index contributed by atoms with van der Waals surface area (Å²) >= 11 is 0. The number of para-hydroxylation sites is 1. The van der Waals surface area contributed by atoms with Crippen LogP contribution in [-0.4, -0.2) is 92.1 Å². The molecule has 17 heteroatoms. The van der Waals surface area contributed by atoms with Gasteiger partial charge in [0.15, 0.2) is 0 Å². The number of methoxy groups -OCH3 is 2. The Morgan fingerprint density at radius 3 is 2.24 bits per heavy atom. The number of ether oxygens (including phenoxy) is 4. The normalized spacial score (nSPS) is 19.0. The first-order valence-electron chi connectivity index (χ1n) is 22.1. The average Bonchev–Trinajstić information content (AvgIpc) is 3.84. The summed E-state index contributed by atoms with van der Waals surface area (Å²) in [5, 5.41) is 6.12. The van der Waals surface area contributed by atoms with Crippen LogP contribution in [0.3, 0.4) is 0 Å². The minimum atomic E-state index is -4.60. The van der Waals surface area contributed by atoms with Crippen LogP contribution < -0.4 is 24.8 Å². The van der Waals surface area contributed by atoms with Crippen molar-refractivity contribution in [3.63, 3.8) is 0 Å². The Labute approximate surface area is 385 Å². The number of rotatable bonds is 20. The number of unbranched alkanes of at least 4 members (excludes halogenated alkanes) is 5. The maximum Gasteiger partial charge on any atom is 0.411 e. The van der Waals surface area contributed by atoms with E-state index in [4.69, 9.17) is 19.2 Å². The summed E-state index contributed by atoms with van der Waals surface area (Å²) in [5.41, 5.74) is -0.560. The van der Waals surface area contributed by atoms with Gasteiger partial charge in [-0.2, -0.15) is 0 Å². The van der Waals surface area contributed by atoms with Gasteiger partial charge >= 0.3 is 12.1 Å². The van der Waals surface area contributed by atoms with Gasteiger partial charge in [-0.15, -0.1) is 6.58 Å². The molecule has 0 spiro atoms. The van der Waals surface area contributed by atoms with Crippen LogP contribution in [0.4, 0.5) is 10.5 Å². The highest BCUT2D eigenvalue weighted by molar-refractivity contribution is 7.90. The molecule has 4 atom stereocenters. The van der Waals surface area contributed by atoms with E-state index in [1.807, 2.05) is 36.4 Å². The number of esters is 1. The molecule has 1 aliphatic carbocycles. The standard InChI is InChI=1S/C49H59N5O11S/c1-7-33-30-49(33,46(58)53-66(60,61)42-22-18-17-21-37(42)51-43(55)23-15-10-8-9-11-16-24-44(56)63-6)52-45(57)40-28-35(31-54(40)47(59)65-48(2,3)4)64-41-29-38(32-19-13-12-14-20-32)50-39-27-34(62-5)25-26-36(39)41/h7,12-14,17-22,25-27,29,33,35,40H,1,8-11,15-16,23-24,28,30-31H2,2-6H3,(H,51,55)(H,52,57)(H,53,58)/t33?,35-,40+,49?/m1/s1. The predicted octanol–water partition coefficient (Wildman–Crippen LogP) is 7.47. The summed E-state index contributed by atoms with van der Waals surface area (Å²) in [6.45, 7) is 8.87. The fourth-order valence-corrected chi connectivity index (χ4v) is 9.18. The molecular weight excluding hydrogens is 867 g/mol. The fourth-order valence-electron chi connectivity index (χ4n) is 7.98. The molecule has 2 unspecified atom stereocenters. The van der Waals surface area contributed by atoms with Crippen LogP contribution in [0.2, 0.25) is 0 Å². The number of pyridine rings is 1. The quantitative estimate of drug-likeness (QED) is 0.0448. The summed E-state index contributed by atoms with van der Waals surface area (Å²) in [6.07, 6.45) is 5.27. The number of nitrogens with one attached hydrogen (secondary N) is 3. The number of nitrogens with zero attached hydrogens (tertiary/aromatic N) is 2. The van der Waals surface area contributed by atoms with Gasteiger partial charge in [0, 0.05) is 48.3 Å². The van der Waals surface area contributed by atoms with Gasteiger partial charge in [-0.25, -0.2) is 22.9 Å². The highest BCUT2D eigenvalue weighted by Gasteiger charge is 2.61. The summed E-state index contributed by atoms with van der Waals surface area (Å²) in [7, 11) is -1.67. The molecule has 1 aliphatic heterocycles. The second-order valence-corrected chi connectivity index (χ2v) is 19.2. The predicted molar refractivity (Wildman–Crippen MR) is 248 cm³/mol. The number of carbonyl (C=O) groups excluding carboxylic acids is 5. The van der Waals surface area contributed by atoms with E-state index >= 15 is 0 Å². The van der Waals surface area contributed by atoms with Crippen LogP contribution in [0.15, 0.2) is 96.4 Å². The average molecular weight is 926 g/mol. The zero-order valence-electron chi connectivity index (χ0n) is 38.1. The maximum atomic E-state index is 14.4. The monoisotopic (exact) mass is 925 g/mol. The van der Waals surface area contributed by atoms with Crippen LogP contribution in [0.5, 0.6) is 11.5 Å². The highest BCUT2D eigenvalue weighted by atomic mass is 32.2. The molecule has 2 fully saturated rings. The third-order valence-corrected chi connectivity index (χ3v) is 12.9. The Kier molecular flexibility index (Phi) is 15.7. The molecule has 4 aromatic rings. The van der Waals surface area contributed by atoms with Crippen molar-refractivity contribution in [3.05, 3.63) is 91.5 Å². The maximum absolute atomic E-state index is 14.4. The Hall–Kier alpha value is -6.49. The third-order valence-electron chi connectivity index (χ3n) is 11.5. The van der Waals surface area contributed by atoms with Crippen LogP contribution in [0.25, 0.3) is 22.2 Å². The zero-order chi connectivity index (χ0) is 47.6. The molecule has 1 saturated carbocycles. The molecule has 0 bridgehead atoms. The molecule has 6 rings (SSSR count). The van der Waals surface area contributed by atoms with Crippen molar-refractivity contribution in [2.75, 3.05) is 26.1 Å². The minimum Gasteiger partial charge on any atom is -0.497 e. The van der Waals surface area contributed by atoms with E-state index in [0.29, 0.717) is 40.9 Å². The van der Waals surface area contributed by atoms with Crippen LogP contribution >= 0.6 is 0 Å². The molecule has 0 radical (unpaired) electrons. The molecule has 66 heavy (non-hydrogen) atoms. The van der Waals surface area contributed by atoms with E-state index in [-0.39, 0.29) is 42.4 Å². The van der Waals surface area contributed by atoms with Crippen LogP contribution in [0, 0.1) is 5.92 Å². The Balaban J connectivity index is 1.16. The largest absolute Gasteiger partial charge is 0.497 e. The highest BCUT2D eigenvalue weighted by Crippen LogP contribution is 2.45. The van der Waals surface area contributed by atoms with Gasteiger partial charge in [0.2, 0.25) is 11.8 Å². The summed E-state index contributed by atoms with van der Waals surface area (Å²) in [6, 6.07) is 21.3. The molecular formula is C49H59N5O11S. The van der Waals surface area contributed by atoms with Crippen molar-refractivity contribution in [1.82, 2.24) is 19.9 Å². The van der Waals surface area contributed by atoms with Crippen LogP contribution in [-0.2, 0) is 38.7 Å². The number of anilines is 1. The number of hydrogen-bond acceptors (Lipinski definition) is 12. The lowest BCUT2D eigenvalue weighted by Crippen LogP contribution is -2.56. The number of aromatic nitrogens is 1. The smallest absolute Gasteiger partial charge is 0.411 e. The topological polar surface area (TPSA) is 209 Å². The first-order valence-corrected chi connectivity index (χ1v) is 23.6. The Bertz CT molecular complexity index is 2550. The van der Waals surface area contributed by atoms with Crippen LogP contribution in [0.1, 0.15) is 85.0 Å². The summed E-state index contributed by atoms with van der Waals surface area (Å²) < 4.78 is 52.4. The van der Waals surface area contributed by atoms with Crippen molar-refractivity contribution < 1.29 is 51.3 Å². The molecule has 1 aromatic heterocycles. The lowest BCUT2D eigenvalue weighted by atomic mass is 10.1. The first kappa shape index (κ1) is 49.0. The number of likely N-dealkylation sites (tertiary alicyclic amines) is 1. The minimum absolute atomic E-state index is 0.00455. The van der Waals surface area contributed by atoms with E-state index in [0.717, 1.165) is 37.7 Å². The molecule has 3 N–H and O–H groups in total. The summed E-state index contributed by atoms with van der Waals surface area (Å²) in [4.78, 5) is 72.3. The van der Waals surface area contributed by atoms with E-state index in [1.165, 1.54) is 36.3 Å². The molecule has 2 heterocycles. The Morgan fingerprint density at radius 2 is 1.58 bits per heavy atom. The van der Waals surface area contributed by atoms with E-state index in [9.17, 15) is 32.4 Å². The van der Waals surface area contributed by atoms with Crippen molar-refractivity contribution in [2.24, 2.45) is 5.92 Å². The van der Waals surface area contributed by atoms with Gasteiger partial charge in [-0.3, -0.25) is 24.1 Å². The molecule has 2 aliphatic rings. The number of hydrogen-bond donors (Lipinski definition) is 3. The van der Waals surface area contributed by atoms with Gasteiger partial charge < -0.3 is 29.6 Å². The zero-order valence-corrected chi connectivity index (χ0v) is 38.9. The number of fused-ring (bicyclic) bond motifs is 1. The van der Waals surface area contributed by atoms with Gasteiger partial charge in [0.25, 0.3) is 15.9 Å². The molecule has 1 saturated heterocycles. The SMILES string of the molecule is C=CC1CC1(NC(=O)[C@@H]1C[C@@H](Oc2cc(-c3ccccc3)nc3cc(OC)ccc23)CN1C(=O)OC(C)(C)C)C(=O)NS(=O)(=O)c1ccccc1NC(=O)CCCCCCCCC(=O)OC. The molecule has 16 nitrogen and oxygen atoms in total. The first-order chi connectivity index (χ1) is 31.5. The van der Waals surface area contributed by atoms with Gasteiger partial charge in [-0.1, -0.05) is 74.2 Å².